The second-order valence-electron chi connectivity index (χ2n) is 3.61. The highest BCUT2D eigenvalue weighted by Crippen LogP contribution is 2.44. The standard InChI is InChI=1S/C11H15NO2/c1-13-7-3-4-8(9-6-10(9)12)11(5-7)14-2/h3-5,9-10H,6,12H2,1-2H3/t9-,10+/m0/s1. The average Bonchev–Trinajstić information content (AvgIpc) is 2.94. The number of rotatable bonds is 3. The van der Waals surface area contributed by atoms with Crippen LogP contribution in [0.15, 0.2) is 18.2 Å². The summed E-state index contributed by atoms with van der Waals surface area (Å²) in [7, 11) is 3.32. The molecule has 2 rings (SSSR count). The molecule has 0 radical (unpaired) electrons. The van der Waals surface area contributed by atoms with Crippen LogP contribution in [0, 0.1) is 0 Å². The van der Waals surface area contributed by atoms with Crippen LogP contribution < -0.4 is 15.2 Å². The van der Waals surface area contributed by atoms with Gasteiger partial charge in [0.15, 0.2) is 0 Å². The van der Waals surface area contributed by atoms with Crippen molar-refractivity contribution < 1.29 is 9.47 Å². The van der Waals surface area contributed by atoms with E-state index in [1.165, 1.54) is 5.56 Å². The molecule has 0 aliphatic heterocycles. The molecule has 14 heavy (non-hydrogen) atoms. The van der Waals surface area contributed by atoms with Gasteiger partial charge in [-0.15, -0.1) is 0 Å². The molecule has 3 nitrogen and oxygen atoms in total. The Hall–Kier alpha value is -1.22. The molecule has 0 amide bonds. The van der Waals surface area contributed by atoms with Gasteiger partial charge in [-0.3, -0.25) is 0 Å². The number of hydrogen-bond donors (Lipinski definition) is 1. The predicted octanol–water partition coefficient (Wildman–Crippen LogP) is 1.52. The van der Waals surface area contributed by atoms with Crippen LogP contribution in [0.3, 0.4) is 0 Å². The van der Waals surface area contributed by atoms with Crippen molar-refractivity contribution in [3.63, 3.8) is 0 Å². The van der Waals surface area contributed by atoms with E-state index in [0.29, 0.717) is 12.0 Å². The van der Waals surface area contributed by atoms with Crippen LogP contribution in [-0.4, -0.2) is 20.3 Å². The summed E-state index contributed by atoms with van der Waals surface area (Å²) in [6.45, 7) is 0. The number of methoxy groups -OCH3 is 2. The minimum atomic E-state index is 0.303. The summed E-state index contributed by atoms with van der Waals surface area (Å²) in [6, 6.07) is 6.19. The molecule has 1 aliphatic rings. The Kier molecular flexibility index (Phi) is 2.33. The molecule has 1 aliphatic carbocycles. The van der Waals surface area contributed by atoms with Gasteiger partial charge in [0.2, 0.25) is 0 Å². The van der Waals surface area contributed by atoms with Gasteiger partial charge in [-0.05, 0) is 18.1 Å². The predicted molar refractivity (Wildman–Crippen MR) is 54.9 cm³/mol. The molecule has 3 heteroatoms. The second kappa shape index (κ2) is 3.50. The van der Waals surface area contributed by atoms with Crippen LogP contribution in [0.4, 0.5) is 0 Å². The highest BCUT2D eigenvalue weighted by Gasteiger charge is 2.36. The van der Waals surface area contributed by atoms with Crippen molar-refractivity contribution in [2.24, 2.45) is 5.73 Å². The zero-order chi connectivity index (χ0) is 10.1. The summed E-state index contributed by atoms with van der Waals surface area (Å²) >= 11 is 0. The topological polar surface area (TPSA) is 44.5 Å². The van der Waals surface area contributed by atoms with E-state index >= 15 is 0 Å². The Morgan fingerprint density at radius 3 is 2.50 bits per heavy atom. The second-order valence-corrected chi connectivity index (χ2v) is 3.61. The fourth-order valence-electron chi connectivity index (χ4n) is 1.70. The minimum Gasteiger partial charge on any atom is -0.497 e. The average molecular weight is 193 g/mol. The summed E-state index contributed by atoms with van der Waals surface area (Å²) in [4.78, 5) is 0. The number of hydrogen-bond acceptors (Lipinski definition) is 3. The Morgan fingerprint density at radius 2 is 2.00 bits per heavy atom. The van der Waals surface area contributed by atoms with Crippen molar-refractivity contribution in [1.82, 2.24) is 0 Å². The molecular formula is C11H15NO2. The van der Waals surface area contributed by atoms with Crippen LogP contribution in [0.5, 0.6) is 11.5 Å². The first-order valence-corrected chi connectivity index (χ1v) is 4.73. The largest absolute Gasteiger partial charge is 0.497 e. The summed E-state index contributed by atoms with van der Waals surface area (Å²) < 4.78 is 10.4. The van der Waals surface area contributed by atoms with Crippen molar-refractivity contribution >= 4 is 0 Å². The lowest BCUT2D eigenvalue weighted by Crippen LogP contribution is -2.02. The minimum absolute atomic E-state index is 0.303. The zero-order valence-electron chi connectivity index (χ0n) is 8.49. The van der Waals surface area contributed by atoms with Crippen molar-refractivity contribution in [3.8, 4) is 11.5 Å². The number of benzene rings is 1. The van der Waals surface area contributed by atoms with E-state index in [9.17, 15) is 0 Å². The van der Waals surface area contributed by atoms with Gasteiger partial charge < -0.3 is 15.2 Å². The van der Waals surface area contributed by atoms with Crippen LogP contribution in [0.1, 0.15) is 17.9 Å². The maximum atomic E-state index is 5.81. The van der Waals surface area contributed by atoms with E-state index in [1.54, 1.807) is 14.2 Å². The molecule has 0 saturated heterocycles. The molecule has 0 bridgehead atoms. The lowest BCUT2D eigenvalue weighted by Gasteiger charge is -2.09. The Labute approximate surface area is 83.8 Å². The molecule has 1 saturated carbocycles. The Balaban J connectivity index is 2.30. The molecule has 0 spiro atoms. The molecule has 0 heterocycles. The maximum absolute atomic E-state index is 5.81. The third-order valence-corrected chi connectivity index (χ3v) is 2.68. The van der Waals surface area contributed by atoms with Crippen LogP contribution in [0.2, 0.25) is 0 Å². The van der Waals surface area contributed by atoms with Gasteiger partial charge in [-0.1, -0.05) is 6.07 Å². The number of nitrogens with two attached hydrogens (primary N) is 1. The molecule has 2 N–H and O–H groups in total. The van der Waals surface area contributed by atoms with Crippen LogP contribution in [0.25, 0.3) is 0 Å². The first-order chi connectivity index (χ1) is 6.76. The Bertz CT molecular complexity index is 338. The van der Waals surface area contributed by atoms with Crippen LogP contribution in [-0.2, 0) is 0 Å². The van der Waals surface area contributed by atoms with E-state index in [2.05, 4.69) is 0 Å². The van der Waals surface area contributed by atoms with E-state index in [1.807, 2.05) is 18.2 Å². The highest BCUT2D eigenvalue weighted by molar-refractivity contribution is 5.45. The van der Waals surface area contributed by atoms with E-state index in [0.717, 1.165) is 17.9 Å². The van der Waals surface area contributed by atoms with Crippen molar-refractivity contribution in [3.05, 3.63) is 23.8 Å². The van der Waals surface area contributed by atoms with Gasteiger partial charge in [-0.25, -0.2) is 0 Å². The zero-order valence-corrected chi connectivity index (χ0v) is 8.49. The van der Waals surface area contributed by atoms with Gasteiger partial charge in [0.25, 0.3) is 0 Å². The summed E-state index contributed by atoms with van der Waals surface area (Å²) in [5.74, 6) is 2.16. The van der Waals surface area contributed by atoms with Crippen molar-refractivity contribution in [2.45, 2.75) is 18.4 Å². The summed E-state index contributed by atoms with van der Waals surface area (Å²) in [5, 5.41) is 0. The summed E-state index contributed by atoms with van der Waals surface area (Å²) in [5.41, 5.74) is 7.00. The smallest absolute Gasteiger partial charge is 0.126 e. The monoisotopic (exact) mass is 193 g/mol. The molecule has 1 fully saturated rings. The first-order valence-electron chi connectivity index (χ1n) is 4.73. The lowest BCUT2D eigenvalue weighted by molar-refractivity contribution is 0.391. The molecule has 2 atom stereocenters. The molecule has 1 aromatic carbocycles. The Morgan fingerprint density at radius 1 is 1.29 bits per heavy atom. The first kappa shape index (κ1) is 9.34. The SMILES string of the molecule is COc1ccc([C@@H]2C[C@H]2N)c(OC)c1. The van der Waals surface area contributed by atoms with Crippen LogP contribution >= 0.6 is 0 Å². The molecule has 76 valence electrons. The van der Waals surface area contributed by atoms with Gasteiger partial charge in [0.1, 0.15) is 11.5 Å². The van der Waals surface area contributed by atoms with E-state index < -0.39 is 0 Å². The van der Waals surface area contributed by atoms with Gasteiger partial charge >= 0.3 is 0 Å². The van der Waals surface area contributed by atoms with Crippen molar-refractivity contribution in [1.29, 1.82) is 0 Å². The number of ether oxygens (including phenoxy) is 2. The van der Waals surface area contributed by atoms with E-state index in [-0.39, 0.29) is 0 Å². The maximum Gasteiger partial charge on any atom is 0.126 e. The fraction of sp³-hybridized carbons (Fsp3) is 0.455. The van der Waals surface area contributed by atoms with Gasteiger partial charge in [0.05, 0.1) is 14.2 Å². The molecule has 1 aromatic rings. The van der Waals surface area contributed by atoms with Crippen molar-refractivity contribution in [2.75, 3.05) is 14.2 Å². The third kappa shape index (κ3) is 1.55. The van der Waals surface area contributed by atoms with E-state index in [4.69, 9.17) is 15.2 Å². The lowest BCUT2D eigenvalue weighted by atomic mass is 10.1. The molecule has 0 unspecified atom stereocenters. The summed E-state index contributed by atoms with van der Waals surface area (Å²) in [6.07, 6.45) is 1.06. The molecular weight excluding hydrogens is 178 g/mol. The normalized spacial score (nSPS) is 24.5. The highest BCUT2D eigenvalue weighted by atomic mass is 16.5. The quantitative estimate of drug-likeness (QED) is 0.791. The molecule has 0 aromatic heterocycles. The van der Waals surface area contributed by atoms with Gasteiger partial charge in [-0.2, -0.15) is 0 Å². The third-order valence-electron chi connectivity index (χ3n) is 2.68. The van der Waals surface area contributed by atoms with Gasteiger partial charge in [0, 0.05) is 18.0 Å². The fourth-order valence-corrected chi connectivity index (χ4v) is 1.70.